The lowest BCUT2D eigenvalue weighted by molar-refractivity contribution is 0.115. The van der Waals surface area contributed by atoms with Crippen LogP contribution in [0.5, 0.6) is 0 Å². The Bertz CT molecular complexity index is 278. The minimum atomic E-state index is -4.35. The number of hydrogen-bond donors (Lipinski definition) is 2. The van der Waals surface area contributed by atoms with Crippen LogP contribution in [-0.4, -0.2) is 15.9 Å². The molecular formula is C17H37O4P. The fraction of sp³-hybridized carbons (Fsp3) is 1.00. The van der Waals surface area contributed by atoms with Crippen LogP contribution >= 0.6 is 7.82 Å². The zero-order valence-electron chi connectivity index (χ0n) is 14.6. The minimum Gasteiger partial charge on any atom is -0.303 e. The van der Waals surface area contributed by atoms with Crippen LogP contribution in [0.25, 0.3) is 0 Å². The van der Waals surface area contributed by atoms with Crippen molar-refractivity contribution in [3.8, 4) is 0 Å². The van der Waals surface area contributed by atoms with Crippen LogP contribution in [0.4, 0.5) is 0 Å². The summed E-state index contributed by atoms with van der Waals surface area (Å²) in [7, 11) is -4.35. The zero-order valence-corrected chi connectivity index (χ0v) is 15.5. The highest BCUT2D eigenvalue weighted by Crippen LogP contribution is 2.39. The molecule has 0 fully saturated rings. The molecule has 0 heterocycles. The lowest BCUT2D eigenvalue weighted by Crippen LogP contribution is -2.11. The summed E-state index contributed by atoms with van der Waals surface area (Å²) in [4.78, 5) is 18.0. The quantitative estimate of drug-likeness (QED) is 0.269. The fourth-order valence-corrected chi connectivity index (χ4v) is 3.35. The third-order valence-corrected chi connectivity index (χ3v) is 4.62. The van der Waals surface area contributed by atoms with Crippen LogP contribution in [0, 0.1) is 0 Å². The molecule has 0 aliphatic heterocycles. The third-order valence-electron chi connectivity index (χ3n) is 4.05. The number of unbranched alkanes of at least 4 members (excludes halogenated alkanes) is 10. The molecular weight excluding hydrogens is 299 g/mol. The van der Waals surface area contributed by atoms with Gasteiger partial charge in [0.2, 0.25) is 0 Å². The summed E-state index contributed by atoms with van der Waals surface area (Å²) in [6, 6.07) is 0. The highest BCUT2D eigenvalue weighted by atomic mass is 31.2. The molecule has 0 saturated heterocycles. The molecule has 134 valence electrons. The van der Waals surface area contributed by atoms with Gasteiger partial charge in [0.15, 0.2) is 0 Å². The number of rotatable bonds is 16. The Morgan fingerprint density at radius 2 is 1.09 bits per heavy atom. The van der Waals surface area contributed by atoms with Gasteiger partial charge >= 0.3 is 7.82 Å². The number of phosphoric ester groups is 1. The first kappa shape index (κ1) is 22.1. The summed E-state index contributed by atoms with van der Waals surface area (Å²) in [6.45, 7) is 4.39. The van der Waals surface area contributed by atoms with Gasteiger partial charge in [0, 0.05) is 0 Å². The molecule has 1 atom stereocenters. The molecule has 0 aliphatic rings. The van der Waals surface area contributed by atoms with E-state index in [1.807, 2.05) is 0 Å². The highest BCUT2D eigenvalue weighted by molar-refractivity contribution is 7.46. The van der Waals surface area contributed by atoms with E-state index in [1.165, 1.54) is 51.4 Å². The van der Waals surface area contributed by atoms with Crippen LogP contribution < -0.4 is 0 Å². The summed E-state index contributed by atoms with van der Waals surface area (Å²) >= 11 is 0. The topological polar surface area (TPSA) is 66.8 Å². The molecule has 0 aromatic rings. The Labute approximate surface area is 137 Å². The van der Waals surface area contributed by atoms with Gasteiger partial charge in [0.25, 0.3) is 0 Å². The van der Waals surface area contributed by atoms with Crippen molar-refractivity contribution in [3.05, 3.63) is 0 Å². The Morgan fingerprint density at radius 3 is 1.45 bits per heavy atom. The summed E-state index contributed by atoms with van der Waals surface area (Å²) < 4.78 is 16.0. The molecule has 22 heavy (non-hydrogen) atoms. The lowest BCUT2D eigenvalue weighted by atomic mass is 10.0. The predicted octanol–water partition coefficient (Wildman–Crippen LogP) is 5.97. The summed E-state index contributed by atoms with van der Waals surface area (Å²) in [5, 5.41) is 0. The maximum absolute atomic E-state index is 11.1. The standard InChI is InChI=1S/C17H37O4P/c1-3-5-7-9-10-12-14-16-17(21-22(18,19)20)15-13-11-8-6-4-2/h17H,3-16H2,1-2H3,(H2,18,19,20). The number of hydrogen-bond acceptors (Lipinski definition) is 2. The van der Waals surface area contributed by atoms with Crippen LogP contribution in [0.15, 0.2) is 0 Å². The SMILES string of the molecule is CCCCCCCCCC(CCCCCCC)OP(=O)(O)O. The summed E-state index contributed by atoms with van der Waals surface area (Å²) in [5.41, 5.74) is 0. The van der Waals surface area contributed by atoms with Crippen molar-refractivity contribution in [1.82, 2.24) is 0 Å². The fourth-order valence-electron chi connectivity index (χ4n) is 2.75. The lowest BCUT2D eigenvalue weighted by Gasteiger charge is -2.18. The molecule has 0 spiro atoms. The molecule has 0 aromatic heterocycles. The second-order valence-corrected chi connectivity index (χ2v) is 7.52. The molecule has 0 bridgehead atoms. The molecule has 5 heteroatoms. The van der Waals surface area contributed by atoms with Crippen molar-refractivity contribution in [2.45, 2.75) is 110 Å². The van der Waals surface area contributed by atoms with Gasteiger partial charge in [-0.3, -0.25) is 4.52 Å². The van der Waals surface area contributed by atoms with E-state index in [0.717, 1.165) is 38.5 Å². The third kappa shape index (κ3) is 16.5. The highest BCUT2D eigenvalue weighted by Gasteiger charge is 2.21. The minimum absolute atomic E-state index is 0.280. The largest absolute Gasteiger partial charge is 0.469 e. The molecule has 4 nitrogen and oxygen atoms in total. The average molecular weight is 336 g/mol. The molecule has 2 N–H and O–H groups in total. The summed E-state index contributed by atoms with van der Waals surface area (Å²) in [6.07, 6.45) is 15.6. The first-order chi connectivity index (χ1) is 10.5. The Hall–Kier alpha value is 0.110. The van der Waals surface area contributed by atoms with Gasteiger partial charge in [0.1, 0.15) is 0 Å². The van der Waals surface area contributed by atoms with Crippen molar-refractivity contribution in [2.24, 2.45) is 0 Å². The van der Waals surface area contributed by atoms with Gasteiger partial charge in [-0.2, -0.15) is 0 Å². The van der Waals surface area contributed by atoms with Gasteiger partial charge in [-0.15, -0.1) is 0 Å². The molecule has 0 amide bonds. The van der Waals surface area contributed by atoms with Crippen molar-refractivity contribution >= 4 is 7.82 Å². The second-order valence-electron chi connectivity index (χ2n) is 6.33. The normalized spacial score (nSPS) is 13.5. The van der Waals surface area contributed by atoms with Gasteiger partial charge in [-0.25, -0.2) is 4.57 Å². The van der Waals surface area contributed by atoms with E-state index >= 15 is 0 Å². The van der Waals surface area contributed by atoms with Crippen LogP contribution in [-0.2, 0) is 9.09 Å². The molecule has 0 rings (SSSR count). The molecule has 1 unspecified atom stereocenters. The van der Waals surface area contributed by atoms with E-state index in [2.05, 4.69) is 13.8 Å². The maximum Gasteiger partial charge on any atom is 0.469 e. The Balaban J connectivity index is 3.81. The van der Waals surface area contributed by atoms with E-state index < -0.39 is 7.82 Å². The molecule has 0 aromatic carbocycles. The Kier molecular flexibility index (Phi) is 14.8. The van der Waals surface area contributed by atoms with Crippen molar-refractivity contribution in [2.75, 3.05) is 0 Å². The van der Waals surface area contributed by atoms with Crippen molar-refractivity contribution < 1.29 is 18.9 Å². The Morgan fingerprint density at radius 1 is 0.727 bits per heavy atom. The van der Waals surface area contributed by atoms with Gasteiger partial charge in [-0.05, 0) is 12.8 Å². The summed E-state index contributed by atoms with van der Waals surface area (Å²) in [5.74, 6) is 0. The zero-order chi connectivity index (χ0) is 16.7. The molecule has 0 radical (unpaired) electrons. The van der Waals surface area contributed by atoms with E-state index in [4.69, 9.17) is 14.3 Å². The second kappa shape index (κ2) is 14.7. The van der Waals surface area contributed by atoms with Gasteiger partial charge < -0.3 is 9.79 Å². The average Bonchev–Trinajstić information content (AvgIpc) is 2.44. The van der Waals surface area contributed by atoms with E-state index in [-0.39, 0.29) is 6.10 Å². The predicted molar refractivity (Wildman–Crippen MR) is 92.9 cm³/mol. The molecule has 0 saturated carbocycles. The van der Waals surface area contributed by atoms with E-state index in [0.29, 0.717) is 0 Å². The van der Waals surface area contributed by atoms with Gasteiger partial charge in [-0.1, -0.05) is 90.9 Å². The van der Waals surface area contributed by atoms with Crippen LogP contribution in [0.1, 0.15) is 104 Å². The van der Waals surface area contributed by atoms with Crippen molar-refractivity contribution in [3.63, 3.8) is 0 Å². The maximum atomic E-state index is 11.1. The monoisotopic (exact) mass is 336 g/mol. The van der Waals surface area contributed by atoms with E-state index in [9.17, 15) is 4.57 Å². The smallest absolute Gasteiger partial charge is 0.303 e. The van der Waals surface area contributed by atoms with Crippen LogP contribution in [0.2, 0.25) is 0 Å². The van der Waals surface area contributed by atoms with Gasteiger partial charge in [0.05, 0.1) is 6.10 Å². The number of phosphoric acid groups is 1. The first-order valence-corrected chi connectivity index (χ1v) is 10.8. The van der Waals surface area contributed by atoms with Crippen LogP contribution in [0.3, 0.4) is 0 Å². The van der Waals surface area contributed by atoms with Crippen molar-refractivity contribution in [1.29, 1.82) is 0 Å². The first-order valence-electron chi connectivity index (χ1n) is 9.23. The molecule has 0 aliphatic carbocycles. The van der Waals surface area contributed by atoms with E-state index in [1.54, 1.807) is 0 Å².